The molecule has 2 aromatic heterocycles. The second-order valence-corrected chi connectivity index (χ2v) is 10.9. The highest BCUT2D eigenvalue weighted by atomic mass is 32.1. The largest absolute Gasteiger partial charge is 0.493 e. The van der Waals surface area contributed by atoms with Gasteiger partial charge in [-0.2, -0.15) is 4.98 Å². The number of benzene rings is 2. The van der Waals surface area contributed by atoms with Gasteiger partial charge in [0, 0.05) is 37.1 Å². The standard InChI is InChI=1S/C28H29N5O4S/c1-28(2,3)37-26(35)22-23(31-27(32(4)5)33(22)19-9-7-6-8-10-19)30-24(34)20-16-38-25(29-20)18-11-12-21-17(15-18)13-14-36-21/h6-12,15-16H,13-14H2,1-5H3,(H,30,34). The lowest BCUT2D eigenvalue weighted by molar-refractivity contribution is 0.00619. The third kappa shape index (κ3) is 5.12. The van der Waals surface area contributed by atoms with Gasteiger partial charge in [0.05, 0.1) is 6.61 Å². The van der Waals surface area contributed by atoms with Crippen molar-refractivity contribution < 1.29 is 19.1 Å². The lowest BCUT2D eigenvalue weighted by Crippen LogP contribution is -2.27. The fourth-order valence-electron chi connectivity index (χ4n) is 4.13. The fourth-order valence-corrected chi connectivity index (χ4v) is 4.93. The summed E-state index contributed by atoms with van der Waals surface area (Å²) in [5, 5.41) is 5.23. The number of aromatic nitrogens is 3. The number of imidazole rings is 1. The number of nitrogens with zero attached hydrogens (tertiary/aromatic N) is 4. The van der Waals surface area contributed by atoms with Gasteiger partial charge in [-0.15, -0.1) is 11.3 Å². The smallest absolute Gasteiger partial charge is 0.359 e. The van der Waals surface area contributed by atoms with Gasteiger partial charge in [0.2, 0.25) is 5.95 Å². The van der Waals surface area contributed by atoms with Crippen LogP contribution in [0.1, 0.15) is 47.3 Å². The molecule has 1 N–H and O–H groups in total. The molecule has 196 valence electrons. The van der Waals surface area contributed by atoms with E-state index in [-0.39, 0.29) is 17.2 Å². The molecule has 0 aliphatic carbocycles. The summed E-state index contributed by atoms with van der Waals surface area (Å²) in [5.74, 6) is 0.387. The zero-order chi connectivity index (χ0) is 27.0. The molecule has 10 heteroatoms. The first-order chi connectivity index (χ1) is 18.1. The molecule has 3 heterocycles. The van der Waals surface area contributed by atoms with Crippen LogP contribution < -0.4 is 15.0 Å². The van der Waals surface area contributed by atoms with E-state index in [1.165, 1.54) is 11.3 Å². The number of amides is 1. The summed E-state index contributed by atoms with van der Waals surface area (Å²) in [6.45, 7) is 6.05. The van der Waals surface area contributed by atoms with Crippen LogP contribution in [0.3, 0.4) is 0 Å². The predicted molar refractivity (Wildman–Crippen MR) is 148 cm³/mol. The number of para-hydroxylation sites is 1. The Kier molecular flexibility index (Phi) is 6.66. The van der Waals surface area contributed by atoms with E-state index < -0.39 is 17.5 Å². The Bertz CT molecular complexity index is 1500. The number of anilines is 2. The van der Waals surface area contributed by atoms with Gasteiger partial charge in [0.15, 0.2) is 11.5 Å². The fraction of sp³-hybridized carbons (Fsp3) is 0.286. The summed E-state index contributed by atoms with van der Waals surface area (Å²) >= 11 is 1.38. The number of ether oxygens (including phenoxy) is 2. The van der Waals surface area contributed by atoms with Crippen molar-refractivity contribution in [3.63, 3.8) is 0 Å². The van der Waals surface area contributed by atoms with Crippen LogP contribution in [-0.4, -0.2) is 52.7 Å². The molecule has 1 amide bonds. The van der Waals surface area contributed by atoms with Crippen LogP contribution in [0.4, 0.5) is 11.8 Å². The van der Waals surface area contributed by atoms with Crippen LogP contribution in [0, 0.1) is 0 Å². The quantitative estimate of drug-likeness (QED) is 0.341. The molecule has 0 radical (unpaired) electrons. The van der Waals surface area contributed by atoms with E-state index in [1.807, 2.05) is 62.6 Å². The number of nitrogens with one attached hydrogen (secondary N) is 1. The lowest BCUT2D eigenvalue weighted by atomic mass is 10.1. The van der Waals surface area contributed by atoms with E-state index in [0.29, 0.717) is 18.2 Å². The summed E-state index contributed by atoms with van der Waals surface area (Å²) in [6, 6.07) is 15.3. The number of hydrogen-bond donors (Lipinski definition) is 1. The Labute approximate surface area is 225 Å². The molecule has 0 atom stereocenters. The maximum Gasteiger partial charge on any atom is 0.359 e. The van der Waals surface area contributed by atoms with E-state index in [4.69, 9.17) is 9.47 Å². The Hall–Kier alpha value is -4.18. The minimum atomic E-state index is -0.743. The van der Waals surface area contributed by atoms with E-state index in [9.17, 15) is 9.59 Å². The van der Waals surface area contributed by atoms with E-state index in [0.717, 1.165) is 28.3 Å². The molecule has 0 spiro atoms. The number of rotatable bonds is 6. The Morgan fingerprint density at radius 3 is 2.58 bits per heavy atom. The molecule has 0 saturated carbocycles. The summed E-state index contributed by atoms with van der Waals surface area (Å²) in [7, 11) is 3.64. The van der Waals surface area contributed by atoms with Crippen molar-refractivity contribution >= 4 is 35.0 Å². The average Bonchev–Trinajstić information content (AvgIpc) is 3.61. The Morgan fingerprint density at radius 1 is 1.11 bits per heavy atom. The normalized spacial score (nSPS) is 12.6. The van der Waals surface area contributed by atoms with E-state index >= 15 is 0 Å². The van der Waals surface area contributed by atoms with Gasteiger partial charge < -0.3 is 19.7 Å². The van der Waals surface area contributed by atoms with Crippen LogP contribution in [0.5, 0.6) is 5.75 Å². The molecule has 0 bridgehead atoms. The van der Waals surface area contributed by atoms with E-state index in [2.05, 4.69) is 15.3 Å². The van der Waals surface area contributed by atoms with Gasteiger partial charge in [-0.25, -0.2) is 9.78 Å². The number of fused-ring (bicyclic) bond motifs is 1. The van der Waals surface area contributed by atoms with Crippen LogP contribution in [-0.2, 0) is 11.2 Å². The SMILES string of the molecule is CN(C)c1nc(NC(=O)c2csc(-c3ccc4c(c3)CCO4)n2)c(C(=O)OC(C)(C)C)n1-c1ccccc1. The van der Waals surface area contributed by atoms with Crippen LogP contribution in [0.2, 0.25) is 0 Å². The van der Waals surface area contributed by atoms with Gasteiger partial charge in [0.25, 0.3) is 5.91 Å². The first-order valence-corrected chi connectivity index (χ1v) is 13.1. The predicted octanol–water partition coefficient (Wildman–Crippen LogP) is 5.20. The van der Waals surface area contributed by atoms with Crippen molar-refractivity contribution in [2.45, 2.75) is 32.8 Å². The van der Waals surface area contributed by atoms with Crippen molar-refractivity contribution in [3.05, 3.63) is 70.9 Å². The molecule has 0 fully saturated rings. The molecule has 0 unspecified atom stereocenters. The van der Waals surface area contributed by atoms with Crippen molar-refractivity contribution in [1.82, 2.24) is 14.5 Å². The highest BCUT2D eigenvalue weighted by Crippen LogP contribution is 2.33. The van der Waals surface area contributed by atoms with Crippen LogP contribution in [0.25, 0.3) is 16.3 Å². The second kappa shape index (κ2) is 9.94. The summed E-state index contributed by atoms with van der Waals surface area (Å²) in [5.41, 5.74) is 2.38. The minimum absolute atomic E-state index is 0.0982. The maximum atomic E-state index is 13.4. The molecular formula is C28H29N5O4S. The summed E-state index contributed by atoms with van der Waals surface area (Å²) < 4.78 is 13.0. The third-order valence-electron chi connectivity index (χ3n) is 5.77. The van der Waals surface area contributed by atoms with Gasteiger partial charge in [-0.1, -0.05) is 18.2 Å². The van der Waals surface area contributed by atoms with Crippen molar-refractivity contribution in [1.29, 1.82) is 0 Å². The minimum Gasteiger partial charge on any atom is -0.493 e. The number of carbonyl (C=O) groups excluding carboxylic acids is 2. The Morgan fingerprint density at radius 2 is 1.87 bits per heavy atom. The maximum absolute atomic E-state index is 13.4. The number of thiazole rings is 1. The molecule has 1 aliphatic heterocycles. The zero-order valence-corrected chi connectivity index (χ0v) is 22.8. The third-order valence-corrected chi connectivity index (χ3v) is 6.66. The highest BCUT2D eigenvalue weighted by molar-refractivity contribution is 7.13. The second-order valence-electron chi connectivity index (χ2n) is 10.1. The van der Waals surface area contributed by atoms with Crippen molar-refractivity contribution in [2.24, 2.45) is 0 Å². The van der Waals surface area contributed by atoms with Gasteiger partial charge >= 0.3 is 5.97 Å². The topological polar surface area (TPSA) is 98.6 Å². The van der Waals surface area contributed by atoms with Crippen LogP contribution >= 0.6 is 11.3 Å². The molecule has 9 nitrogen and oxygen atoms in total. The zero-order valence-electron chi connectivity index (χ0n) is 21.9. The monoisotopic (exact) mass is 531 g/mol. The summed E-state index contributed by atoms with van der Waals surface area (Å²) in [6.07, 6.45) is 0.855. The molecule has 0 saturated heterocycles. The van der Waals surface area contributed by atoms with E-state index in [1.54, 1.807) is 35.6 Å². The van der Waals surface area contributed by atoms with Gasteiger partial charge in [0.1, 0.15) is 22.1 Å². The lowest BCUT2D eigenvalue weighted by Gasteiger charge is -2.21. The number of hydrogen-bond acceptors (Lipinski definition) is 8. The highest BCUT2D eigenvalue weighted by Gasteiger charge is 2.31. The molecule has 1 aliphatic rings. The molecule has 2 aromatic carbocycles. The molecule has 4 aromatic rings. The van der Waals surface area contributed by atoms with Crippen molar-refractivity contribution in [3.8, 4) is 22.0 Å². The Balaban J connectivity index is 1.51. The number of esters is 1. The molecule has 5 rings (SSSR count). The molecule has 38 heavy (non-hydrogen) atoms. The van der Waals surface area contributed by atoms with Crippen molar-refractivity contribution in [2.75, 3.05) is 30.9 Å². The average molecular weight is 532 g/mol. The first-order valence-electron chi connectivity index (χ1n) is 12.2. The summed E-state index contributed by atoms with van der Waals surface area (Å²) in [4.78, 5) is 37.7. The van der Waals surface area contributed by atoms with Gasteiger partial charge in [-0.3, -0.25) is 9.36 Å². The first kappa shape index (κ1) is 25.5. The number of carbonyl (C=O) groups is 2. The van der Waals surface area contributed by atoms with Crippen LogP contribution in [0.15, 0.2) is 53.9 Å². The van der Waals surface area contributed by atoms with Gasteiger partial charge in [-0.05, 0) is 56.7 Å². The molecular weight excluding hydrogens is 502 g/mol.